The highest BCUT2D eigenvalue weighted by Crippen LogP contribution is 2.12. The number of anilines is 1. The zero-order valence-electron chi connectivity index (χ0n) is 10.5. The van der Waals surface area contributed by atoms with Crippen LogP contribution in [0.1, 0.15) is 21.6 Å². The van der Waals surface area contributed by atoms with Gasteiger partial charge in [-0.3, -0.25) is 4.79 Å². The standard InChI is InChI=1S/C13H12FN3O2/c1-7-3-4-9(10(14)5-7)12(18)16-11-6-8(2)15-13(19)17-11/h3-6H,1-2H3,(H2,15,16,17,18,19). The van der Waals surface area contributed by atoms with Crippen LogP contribution in [0.4, 0.5) is 10.2 Å². The van der Waals surface area contributed by atoms with E-state index in [0.717, 1.165) is 5.56 Å². The second kappa shape index (κ2) is 5.01. The molecule has 0 aliphatic rings. The van der Waals surface area contributed by atoms with Gasteiger partial charge in [-0.05, 0) is 31.5 Å². The Morgan fingerprint density at radius 3 is 2.68 bits per heavy atom. The van der Waals surface area contributed by atoms with Crippen LogP contribution < -0.4 is 11.0 Å². The maximum atomic E-state index is 13.6. The quantitative estimate of drug-likeness (QED) is 0.865. The van der Waals surface area contributed by atoms with Crippen LogP contribution in [-0.4, -0.2) is 15.9 Å². The lowest BCUT2D eigenvalue weighted by molar-refractivity contribution is 0.102. The summed E-state index contributed by atoms with van der Waals surface area (Å²) in [5.74, 6) is -1.17. The predicted molar refractivity (Wildman–Crippen MR) is 68.7 cm³/mol. The third-order valence-corrected chi connectivity index (χ3v) is 2.49. The third kappa shape index (κ3) is 3.04. The van der Waals surface area contributed by atoms with Crippen molar-refractivity contribution in [3.8, 4) is 0 Å². The number of H-pyrrole nitrogens is 1. The number of nitrogens with one attached hydrogen (secondary N) is 2. The van der Waals surface area contributed by atoms with Crippen molar-refractivity contribution >= 4 is 11.7 Å². The SMILES string of the molecule is Cc1ccc(C(=O)Nc2cc(C)[nH]c(=O)n2)c(F)c1. The van der Waals surface area contributed by atoms with Gasteiger partial charge in [-0.15, -0.1) is 0 Å². The molecule has 5 nitrogen and oxygen atoms in total. The van der Waals surface area contributed by atoms with E-state index in [-0.39, 0.29) is 11.4 Å². The second-order valence-electron chi connectivity index (χ2n) is 4.19. The van der Waals surface area contributed by atoms with Crippen LogP contribution in [0.15, 0.2) is 29.1 Å². The van der Waals surface area contributed by atoms with Crippen LogP contribution in [0.25, 0.3) is 0 Å². The van der Waals surface area contributed by atoms with E-state index in [2.05, 4.69) is 15.3 Å². The number of hydrogen-bond acceptors (Lipinski definition) is 3. The molecule has 6 heteroatoms. The lowest BCUT2D eigenvalue weighted by Gasteiger charge is -2.06. The molecule has 2 aromatic rings. The number of hydrogen-bond donors (Lipinski definition) is 2. The van der Waals surface area contributed by atoms with Gasteiger partial charge in [-0.1, -0.05) is 6.07 Å². The number of aromatic nitrogens is 2. The van der Waals surface area contributed by atoms with Gasteiger partial charge >= 0.3 is 5.69 Å². The van der Waals surface area contributed by atoms with Gasteiger partial charge in [0.25, 0.3) is 5.91 Å². The molecule has 0 fully saturated rings. The number of benzene rings is 1. The van der Waals surface area contributed by atoms with Gasteiger partial charge in [-0.2, -0.15) is 4.98 Å². The average molecular weight is 261 g/mol. The smallest absolute Gasteiger partial charge is 0.310 e. The summed E-state index contributed by atoms with van der Waals surface area (Å²) in [5, 5.41) is 2.39. The van der Waals surface area contributed by atoms with E-state index in [0.29, 0.717) is 5.69 Å². The Morgan fingerprint density at radius 2 is 2.05 bits per heavy atom. The summed E-state index contributed by atoms with van der Waals surface area (Å²) in [6, 6.07) is 5.78. The molecular weight excluding hydrogens is 249 g/mol. The molecule has 98 valence electrons. The summed E-state index contributed by atoms with van der Waals surface area (Å²) in [5.41, 5.74) is 0.615. The van der Waals surface area contributed by atoms with Gasteiger partial charge in [0.2, 0.25) is 0 Å². The van der Waals surface area contributed by atoms with Crippen LogP contribution in [0.5, 0.6) is 0 Å². The van der Waals surface area contributed by atoms with Crippen molar-refractivity contribution < 1.29 is 9.18 Å². The Labute approximate surface area is 108 Å². The summed E-state index contributed by atoms with van der Waals surface area (Å²) >= 11 is 0. The van der Waals surface area contributed by atoms with Crippen molar-refractivity contribution in [2.45, 2.75) is 13.8 Å². The number of aryl methyl sites for hydroxylation is 2. The summed E-state index contributed by atoms with van der Waals surface area (Å²) in [7, 11) is 0. The van der Waals surface area contributed by atoms with Gasteiger partial charge in [0.05, 0.1) is 5.56 Å². The predicted octanol–water partition coefficient (Wildman–Crippen LogP) is 1.78. The molecule has 0 unspecified atom stereocenters. The maximum absolute atomic E-state index is 13.6. The van der Waals surface area contributed by atoms with E-state index >= 15 is 0 Å². The lowest BCUT2D eigenvalue weighted by atomic mass is 10.1. The molecule has 0 bridgehead atoms. The first-order valence-electron chi connectivity index (χ1n) is 5.61. The van der Waals surface area contributed by atoms with E-state index in [1.54, 1.807) is 19.9 Å². The number of carbonyl (C=O) groups is 1. The topological polar surface area (TPSA) is 74.8 Å². The number of rotatable bonds is 2. The molecule has 19 heavy (non-hydrogen) atoms. The van der Waals surface area contributed by atoms with E-state index in [1.165, 1.54) is 18.2 Å². The molecule has 0 aliphatic heterocycles. The molecule has 1 amide bonds. The van der Waals surface area contributed by atoms with Gasteiger partial charge in [-0.25, -0.2) is 9.18 Å². The number of nitrogens with zero attached hydrogens (tertiary/aromatic N) is 1. The van der Waals surface area contributed by atoms with Crippen LogP contribution in [0.2, 0.25) is 0 Å². The zero-order chi connectivity index (χ0) is 14.0. The summed E-state index contributed by atoms with van der Waals surface area (Å²) < 4.78 is 13.6. The Bertz CT molecular complexity index is 695. The molecule has 1 aromatic heterocycles. The van der Waals surface area contributed by atoms with E-state index < -0.39 is 17.4 Å². The summed E-state index contributed by atoms with van der Waals surface area (Å²) in [6.07, 6.45) is 0. The largest absolute Gasteiger partial charge is 0.347 e. The molecule has 0 saturated heterocycles. The van der Waals surface area contributed by atoms with Crippen LogP contribution >= 0.6 is 0 Å². The van der Waals surface area contributed by atoms with Gasteiger partial charge in [0.15, 0.2) is 0 Å². The number of halogens is 1. The van der Waals surface area contributed by atoms with E-state index in [1.807, 2.05) is 0 Å². The number of aromatic amines is 1. The van der Waals surface area contributed by atoms with Crippen LogP contribution in [-0.2, 0) is 0 Å². The summed E-state index contributed by atoms with van der Waals surface area (Å²) in [4.78, 5) is 29.0. The van der Waals surface area contributed by atoms with Crippen molar-refractivity contribution in [1.29, 1.82) is 0 Å². The third-order valence-electron chi connectivity index (χ3n) is 2.49. The van der Waals surface area contributed by atoms with Crippen LogP contribution in [0, 0.1) is 19.7 Å². The molecular formula is C13H12FN3O2. The number of amides is 1. The fraction of sp³-hybridized carbons (Fsp3) is 0.154. The van der Waals surface area contributed by atoms with E-state index in [4.69, 9.17) is 0 Å². The minimum absolute atomic E-state index is 0.0891. The molecule has 0 radical (unpaired) electrons. The monoisotopic (exact) mass is 261 g/mol. The first kappa shape index (κ1) is 12.9. The molecule has 2 rings (SSSR count). The van der Waals surface area contributed by atoms with E-state index in [9.17, 15) is 14.0 Å². The summed E-state index contributed by atoms with van der Waals surface area (Å²) in [6.45, 7) is 3.39. The number of carbonyl (C=O) groups excluding carboxylic acids is 1. The molecule has 1 heterocycles. The first-order valence-corrected chi connectivity index (χ1v) is 5.61. The fourth-order valence-electron chi connectivity index (χ4n) is 1.63. The Hall–Kier alpha value is -2.50. The Kier molecular flexibility index (Phi) is 3.41. The maximum Gasteiger partial charge on any atom is 0.347 e. The highest BCUT2D eigenvalue weighted by Gasteiger charge is 2.12. The minimum atomic E-state index is -0.644. The highest BCUT2D eigenvalue weighted by atomic mass is 19.1. The molecule has 0 aliphatic carbocycles. The first-order chi connectivity index (χ1) is 8.95. The van der Waals surface area contributed by atoms with Crippen molar-refractivity contribution in [1.82, 2.24) is 9.97 Å². The van der Waals surface area contributed by atoms with Crippen molar-refractivity contribution in [3.05, 3.63) is 57.4 Å². The van der Waals surface area contributed by atoms with Gasteiger partial charge < -0.3 is 10.3 Å². The molecule has 0 saturated carbocycles. The normalized spacial score (nSPS) is 10.3. The van der Waals surface area contributed by atoms with Crippen molar-refractivity contribution in [2.75, 3.05) is 5.32 Å². The van der Waals surface area contributed by atoms with Crippen LogP contribution in [0.3, 0.4) is 0 Å². The molecule has 0 spiro atoms. The fourth-order valence-corrected chi connectivity index (χ4v) is 1.63. The van der Waals surface area contributed by atoms with Gasteiger partial charge in [0, 0.05) is 11.8 Å². The molecule has 0 atom stereocenters. The minimum Gasteiger partial charge on any atom is -0.310 e. The zero-order valence-corrected chi connectivity index (χ0v) is 10.5. The van der Waals surface area contributed by atoms with Gasteiger partial charge in [0.1, 0.15) is 11.6 Å². The average Bonchev–Trinajstić information content (AvgIpc) is 2.26. The van der Waals surface area contributed by atoms with Crippen molar-refractivity contribution in [3.63, 3.8) is 0 Å². The lowest BCUT2D eigenvalue weighted by Crippen LogP contribution is -2.19. The Balaban J connectivity index is 2.28. The molecule has 2 N–H and O–H groups in total. The second-order valence-corrected chi connectivity index (χ2v) is 4.19. The molecule has 1 aromatic carbocycles. The highest BCUT2D eigenvalue weighted by molar-refractivity contribution is 6.03. The Morgan fingerprint density at radius 1 is 1.32 bits per heavy atom. The van der Waals surface area contributed by atoms with Crippen molar-refractivity contribution in [2.24, 2.45) is 0 Å².